The van der Waals surface area contributed by atoms with Crippen LogP contribution in [0.2, 0.25) is 0 Å². The van der Waals surface area contributed by atoms with Gasteiger partial charge in [0.1, 0.15) is 23.1 Å². The minimum absolute atomic E-state index is 0.214. The number of benzene rings is 1. The Morgan fingerprint density at radius 2 is 2.23 bits per heavy atom. The van der Waals surface area contributed by atoms with Crippen molar-refractivity contribution in [1.29, 1.82) is 5.26 Å². The largest absolute Gasteiger partial charge is 0.495 e. The lowest BCUT2D eigenvalue weighted by Gasteiger charge is -2.38. The Hall–Kier alpha value is -2.43. The molecule has 0 unspecified atom stereocenters. The van der Waals surface area contributed by atoms with Gasteiger partial charge in [-0.05, 0) is 50.9 Å². The lowest BCUT2D eigenvalue weighted by atomic mass is 9.89. The number of β-amino-alcohol motifs (C(OH)–C–C–N with tert-alkyl or cyclic N) is 1. The van der Waals surface area contributed by atoms with Crippen LogP contribution >= 0.6 is 0 Å². The maximum Gasteiger partial charge on any atom is 0.136 e. The third kappa shape index (κ3) is 3.71. The molecule has 1 aromatic carbocycles. The van der Waals surface area contributed by atoms with E-state index in [0.29, 0.717) is 36.5 Å². The standard InChI is InChI=1S/C19H25N5O2/c1-14(2)24-12-18(21-22-24)19(25)7-4-8-23(13-19)11-15-5-6-16(10-20)17(9-15)26-3/h5-6,9,12,14,25H,4,7-8,11,13H2,1-3H3/t19-/m1/s1. The molecule has 7 nitrogen and oxygen atoms in total. The summed E-state index contributed by atoms with van der Waals surface area (Å²) in [4.78, 5) is 2.21. The number of hydrogen-bond acceptors (Lipinski definition) is 6. The van der Waals surface area contributed by atoms with E-state index in [1.54, 1.807) is 17.9 Å². The zero-order chi connectivity index (χ0) is 18.7. The van der Waals surface area contributed by atoms with Crippen molar-refractivity contribution in [2.45, 2.75) is 44.9 Å². The van der Waals surface area contributed by atoms with Crippen LogP contribution in [0.25, 0.3) is 0 Å². The topological polar surface area (TPSA) is 87.2 Å². The predicted molar refractivity (Wildman–Crippen MR) is 96.5 cm³/mol. The average Bonchev–Trinajstić information content (AvgIpc) is 3.13. The monoisotopic (exact) mass is 355 g/mol. The second kappa shape index (κ2) is 7.44. The Morgan fingerprint density at radius 1 is 1.42 bits per heavy atom. The SMILES string of the molecule is COc1cc(CN2CCC[C@](O)(c3cn(C(C)C)nn3)C2)ccc1C#N. The van der Waals surface area contributed by atoms with Gasteiger partial charge >= 0.3 is 0 Å². The number of ether oxygens (including phenoxy) is 1. The first kappa shape index (κ1) is 18.4. The molecule has 1 N–H and O–H groups in total. The summed E-state index contributed by atoms with van der Waals surface area (Å²) in [6.45, 7) is 6.17. The molecule has 1 saturated heterocycles. The van der Waals surface area contributed by atoms with Gasteiger partial charge in [0.25, 0.3) is 0 Å². The van der Waals surface area contributed by atoms with Gasteiger partial charge in [0.2, 0.25) is 0 Å². The number of rotatable bonds is 5. The molecule has 1 aliphatic heterocycles. The van der Waals surface area contributed by atoms with Crippen molar-refractivity contribution in [2.75, 3.05) is 20.2 Å². The lowest BCUT2D eigenvalue weighted by Crippen LogP contribution is -2.45. The molecule has 2 aromatic rings. The van der Waals surface area contributed by atoms with E-state index in [1.165, 1.54) is 0 Å². The van der Waals surface area contributed by atoms with Crippen LogP contribution in [0.15, 0.2) is 24.4 Å². The summed E-state index contributed by atoms with van der Waals surface area (Å²) in [7, 11) is 1.57. The molecule has 2 heterocycles. The van der Waals surface area contributed by atoms with Crippen molar-refractivity contribution >= 4 is 0 Å². The van der Waals surface area contributed by atoms with Crippen LogP contribution < -0.4 is 4.74 Å². The molecule has 0 saturated carbocycles. The van der Waals surface area contributed by atoms with E-state index >= 15 is 0 Å². The molecule has 1 aliphatic rings. The number of likely N-dealkylation sites (tertiary alicyclic amines) is 1. The van der Waals surface area contributed by atoms with Crippen molar-refractivity contribution in [2.24, 2.45) is 0 Å². The number of piperidine rings is 1. The van der Waals surface area contributed by atoms with Gasteiger partial charge in [-0.2, -0.15) is 5.26 Å². The van der Waals surface area contributed by atoms with Crippen molar-refractivity contribution in [3.63, 3.8) is 0 Å². The van der Waals surface area contributed by atoms with Crippen molar-refractivity contribution in [3.05, 3.63) is 41.2 Å². The molecule has 0 radical (unpaired) electrons. The van der Waals surface area contributed by atoms with Gasteiger partial charge < -0.3 is 9.84 Å². The minimum Gasteiger partial charge on any atom is -0.495 e. The van der Waals surface area contributed by atoms with Crippen LogP contribution in [0.3, 0.4) is 0 Å². The summed E-state index contributed by atoms with van der Waals surface area (Å²) in [6, 6.07) is 7.94. The van der Waals surface area contributed by atoms with E-state index in [4.69, 9.17) is 10.00 Å². The molecule has 1 aromatic heterocycles. The molecular weight excluding hydrogens is 330 g/mol. The Bertz CT molecular complexity index is 811. The van der Waals surface area contributed by atoms with Crippen molar-refractivity contribution in [3.8, 4) is 11.8 Å². The van der Waals surface area contributed by atoms with Gasteiger partial charge in [-0.15, -0.1) is 5.10 Å². The molecule has 0 spiro atoms. The number of aliphatic hydroxyl groups is 1. The fourth-order valence-electron chi connectivity index (χ4n) is 3.39. The van der Waals surface area contributed by atoms with E-state index in [-0.39, 0.29) is 6.04 Å². The van der Waals surface area contributed by atoms with Gasteiger partial charge in [-0.1, -0.05) is 11.3 Å². The summed E-state index contributed by atoms with van der Waals surface area (Å²) in [5, 5.41) is 28.6. The molecule has 3 rings (SSSR count). The molecule has 1 atom stereocenters. The van der Waals surface area contributed by atoms with Gasteiger partial charge in [-0.3, -0.25) is 4.90 Å². The maximum atomic E-state index is 11.1. The summed E-state index contributed by atoms with van der Waals surface area (Å²) in [5.74, 6) is 0.581. The van der Waals surface area contributed by atoms with Crippen LogP contribution in [-0.4, -0.2) is 45.2 Å². The number of aromatic nitrogens is 3. The van der Waals surface area contributed by atoms with Crippen molar-refractivity contribution in [1.82, 2.24) is 19.9 Å². The number of nitrogens with zero attached hydrogens (tertiary/aromatic N) is 5. The number of nitriles is 1. The molecule has 0 amide bonds. The summed E-state index contributed by atoms with van der Waals surface area (Å²) < 4.78 is 7.07. The number of hydrogen-bond donors (Lipinski definition) is 1. The van der Waals surface area contributed by atoms with E-state index < -0.39 is 5.60 Å². The lowest BCUT2D eigenvalue weighted by molar-refractivity contribution is -0.0414. The summed E-state index contributed by atoms with van der Waals surface area (Å²) in [5.41, 5.74) is 1.23. The van der Waals surface area contributed by atoms with E-state index in [0.717, 1.165) is 18.5 Å². The van der Waals surface area contributed by atoms with Crippen LogP contribution in [-0.2, 0) is 12.1 Å². The highest BCUT2D eigenvalue weighted by atomic mass is 16.5. The highest BCUT2D eigenvalue weighted by Gasteiger charge is 2.37. The molecule has 26 heavy (non-hydrogen) atoms. The molecule has 0 aliphatic carbocycles. The van der Waals surface area contributed by atoms with Crippen molar-refractivity contribution < 1.29 is 9.84 Å². The van der Waals surface area contributed by atoms with Gasteiger partial charge in [0.15, 0.2) is 0 Å². The molecule has 138 valence electrons. The smallest absolute Gasteiger partial charge is 0.136 e. The quantitative estimate of drug-likeness (QED) is 0.885. The van der Waals surface area contributed by atoms with E-state index in [2.05, 4.69) is 21.3 Å². The zero-order valence-corrected chi connectivity index (χ0v) is 15.5. The molecular formula is C19H25N5O2. The van der Waals surface area contributed by atoms with Gasteiger partial charge in [0, 0.05) is 19.1 Å². The summed E-state index contributed by atoms with van der Waals surface area (Å²) in [6.07, 6.45) is 3.41. The molecule has 0 bridgehead atoms. The first-order valence-electron chi connectivity index (χ1n) is 8.89. The highest BCUT2D eigenvalue weighted by Crippen LogP contribution is 2.31. The van der Waals surface area contributed by atoms with Gasteiger partial charge in [0.05, 0.1) is 18.9 Å². The van der Waals surface area contributed by atoms with Crippen LogP contribution in [0.4, 0.5) is 0 Å². The third-order valence-electron chi connectivity index (χ3n) is 4.86. The Kier molecular flexibility index (Phi) is 5.25. The zero-order valence-electron chi connectivity index (χ0n) is 15.5. The van der Waals surface area contributed by atoms with Gasteiger partial charge in [-0.25, -0.2) is 4.68 Å². The molecule has 1 fully saturated rings. The second-order valence-corrected chi connectivity index (χ2v) is 7.17. The minimum atomic E-state index is -0.984. The average molecular weight is 355 g/mol. The number of methoxy groups -OCH3 is 1. The Morgan fingerprint density at radius 3 is 2.88 bits per heavy atom. The third-order valence-corrected chi connectivity index (χ3v) is 4.86. The summed E-state index contributed by atoms with van der Waals surface area (Å²) >= 11 is 0. The van der Waals surface area contributed by atoms with E-state index in [9.17, 15) is 5.11 Å². The Labute approximate surface area is 153 Å². The fraction of sp³-hybridized carbons (Fsp3) is 0.526. The predicted octanol–water partition coefficient (Wildman–Crippen LogP) is 2.22. The first-order chi connectivity index (χ1) is 12.4. The first-order valence-corrected chi connectivity index (χ1v) is 8.89. The maximum absolute atomic E-state index is 11.1. The second-order valence-electron chi connectivity index (χ2n) is 7.17. The highest BCUT2D eigenvalue weighted by molar-refractivity contribution is 5.45. The van der Waals surface area contributed by atoms with E-state index in [1.807, 2.05) is 32.2 Å². The Balaban J connectivity index is 1.75. The van der Waals surface area contributed by atoms with Crippen LogP contribution in [0, 0.1) is 11.3 Å². The fourth-order valence-corrected chi connectivity index (χ4v) is 3.39. The van der Waals surface area contributed by atoms with Crippen LogP contribution in [0.5, 0.6) is 5.75 Å². The normalized spacial score (nSPS) is 20.9. The van der Waals surface area contributed by atoms with Crippen LogP contribution in [0.1, 0.15) is 49.6 Å². The molecule has 7 heteroatoms.